The molecule has 2 unspecified atom stereocenters. The van der Waals surface area contributed by atoms with Crippen LogP contribution in [0.3, 0.4) is 0 Å². The lowest BCUT2D eigenvalue weighted by Crippen LogP contribution is -2.35. The van der Waals surface area contributed by atoms with Crippen LogP contribution in [0.4, 0.5) is 4.79 Å². The highest BCUT2D eigenvalue weighted by atomic mass is 32.2. The molecule has 0 aromatic heterocycles. The van der Waals surface area contributed by atoms with Crippen molar-refractivity contribution in [3.63, 3.8) is 0 Å². The van der Waals surface area contributed by atoms with Gasteiger partial charge in [-0.3, -0.25) is 0 Å². The molecule has 3 aromatic carbocycles. The van der Waals surface area contributed by atoms with E-state index in [1.54, 1.807) is 23.9 Å². The summed E-state index contributed by atoms with van der Waals surface area (Å²) in [6, 6.07) is 26.6. The Bertz CT molecular complexity index is 888. The zero-order chi connectivity index (χ0) is 20.5. The largest absolute Gasteiger partial charge is 0.445 e. The van der Waals surface area contributed by atoms with E-state index in [9.17, 15) is 15.0 Å². The molecule has 0 saturated heterocycles. The Balaban J connectivity index is 1.45. The van der Waals surface area contributed by atoms with Gasteiger partial charge in [-0.2, -0.15) is 0 Å². The third-order valence-electron chi connectivity index (χ3n) is 4.23. The molecule has 0 fully saturated rings. The summed E-state index contributed by atoms with van der Waals surface area (Å²) < 4.78 is 5.09. The zero-order valence-corrected chi connectivity index (χ0v) is 16.6. The molecule has 0 aliphatic heterocycles. The van der Waals surface area contributed by atoms with Crippen LogP contribution in [0.5, 0.6) is 0 Å². The number of rotatable bonds is 8. The fraction of sp³-hybridized carbons (Fsp3) is 0.174. The predicted molar refractivity (Wildman–Crippen MR) is 113 cm³/mol. The number of ether oxygens (including phenoxy) is 1. The first-order chi connectivity index (χ1) is 14.1. The first kappa shape index (κ1) is 20.9. The molecule has 3 rings (SSSR count). The van der Waals surface area contributed by atoms with Crippen LogP contribution in [0, 0.1) is 0 Å². The van der Waals surface area contributed by atoms with Crippen LogP contribution < -0.4 is 5.32 Å². The monoisotopic (exact) mass is 409 g/mol. The summed E-state index contributed by atoms with van der Waals surface area (Å²) in [7, 11) is 0. The van der Waals surface area contributed by atoms with E-state index in [1.807, 2.05) is 72.8 Å². The quantitative estimate of drug-likeness (QED) is 0.521. The van der Waals surface area contributed by atoms with Crippen molar-refractivity contribution >= 4 is 17.9 Å². The Morgan fingerprint density at radius 3 is 2.10 bits per heavy atom. The molecule has 2 atom stereocenters. The van der Waals surface area contributed by atoms with E-state index in [4.69, 9.17) is 4.74 Å². The summed E-state index contributed by atoms with van der Waals surface area (Å²) in [6.07, 6.45) is -2.90. The van der Waals surface area contributed by atoms with E-state index < -0.39 is 18.3 Å². The van der Waals surface area contributed by atoms with Gasteiger partial charge in [-0.25, -0.2) is 4.79 Å². The second-order valence-corrected chi connectivity index (χ2v) is 7.59. The molecule has 3 N–H and O–H groups in total. The van der Waals surface area contributed by atoms with Gasteiger partial charge in [0.1, 0.15) is 18.8 Å². The summed E-state index contributed by atoms with van der Waals surface area (Å²) in [5.74, 6) is 0. The highest BCUT2D eigenvalue weighted by Gasteiger charge is 2.19. The normalized spacial score (nSPS) is 12.8. The molecule has 1 amide bonds. The van der Waals surface area contributed by atoms with Crippen LogP contribution in [0.1, 0.15) is 17.2 Å². The first-order valence-corrected chi connectivity index (χ1v) is 10.1. The summed E-state index contributed by atoms with van der Waals surface area (Å²) in [4.78, 5) is 13.9. The van der Waals surface area contributed by atoms with Gasteiger partial charge in [-0.05, 0) is 35.4 Å². The van der Waals surface area contributed by atoms with Gasteiger partial charge in [-0.1, -0.05) is 72.4 Å². The number of hydrogen-bond donors (Lipinski definition) is 3. The molecular weight excluding hydrogens is 386 g/mol. The number of carbonyl (C=O) groups excluding carboxylic acids is 1. The van der Waals surface area contributed by atoms with Crippen LogP contribution in [0.15, 0.2) is 94.7 Å². The van der Waals surface area contributed by atoms with Gasteiger partial charge < -0.3 is 20.3 Å². The molecule has 0 bridgehead atoms. The van der Waals surface area contributed by atoms with Gasteiger partial charge in [0.15, 0.2) is 0 Å². The molecule has 29 heavy (non-hydrogen) atoms. The third-order valence-corrected chi connectivity index (χ3v) is 5.25. The average Bonchev–Trinajstić information content (AvgIpc) is 2.77. The van der Waals surface area contributed by atoms with Gasteiger partial charge in [0.25, 0.3) is 0 Å². The molecule has 3 aromatic rings. The highest BCUT2D eigenvalue weighted by Crippen LogP contribution is 2.28. The lowest BCUT2D eigenvalue weighted by atomic mass is 10.0. The molecule has 0 radical (unpaired) electrons. The molecule has 0 heterocycles. The van der Waals surface area contributed by atoms with Gasteiger partial charge in [-0.15, -0.1) is 0 Å². The molecular formula is C23H23NO4S. The number of amides is 1. The van der Waals surface area contributed by atoms with Crippen LogP contribution in [0.2, 0.25) is 0 Å². The Morgan fingerprint density at radius 2 is 1.45 bits per heavy atom. The summed E-state index contributed by atoms with van der Waals surface area (Å²) >= 11 is 1.62. The number of benzene rings is 3. The van der Waals surface area contributed by atoms with Gasteiger partial charge >= 0.3 is 6.09 Å². The Morgan fingerprint density at radius 1 is 0.862 bits per heavy atom. The zero-order valence-electron chi connectivity index (χ0n) is 15.8. The maximum atomic E-state index is 11.8. The van der Waals surface area contributed by atoms with Crippen LogP contribution in [-0.2, 0) is 11.3 Å². The van der Waals surface area contributed by atoms with Crippen molar-refractivity contribution in [1.82, 2.24) is 5.32 Å². The van der Waals surface area contributed by atoms with Crippen LogP contribution >= 0.6 is 11.8 Å². The molecule has 0 aliphatic carbocycles. The van der Waals surface area contributed by atoms with Crippen molar-refractivity contribution in [3.8, 4) is 0 Å². The Labute approximate surface area is 174 Å². The number of hydrogen-bond acceptors (Lipinski definition) is 5. The third kappa shape index (κ3) is 6.64. The van der Waals surface area contributed by atoms with E-state index in [1.165, 1.54) is 0 Å². The smallest absolute Gasteiger partial charge is 0.407 e. The minimum atomic E-state index is -1.15. The van der Waals surface area contributed by atoms with E-state index in [-0.39, 0.29) is 13.2 Å². The van der Waals surface area contributed by atoms with Crippen molar-refractivity contribution in [2.45, 2.75) is 28.6 Å². The lowest BCUT2D eigenvalue weighted by molar-refractivity contribution is 0.0184. The Hall–Kier alpha value is -2.80. The molecule has 5 nitrogen and oxygen atoms in total. The van der Waals surface area contributed by atoms with Crippen LogP contribution in [0.25, 0.3) is 0 Å². The van der Waals surface area contributed by atoms with Crippen LogP contribution in [-0.4, -0.2) is 29.0 Å². The van der Waals surface area contributed by atoms with Gasteiger partial charge in [0.05, 0.1) is 0 Å². The average molecular weight is 410 g/mol. The van der Waals surface area contributed by atoms with Crippen molar-refractivity contribution in [1.29, 1.82) is 0 Å². The molecule has 0 spiro atoms. The number of nitrogens with one attached hydrogen (secondary N) is 1. The first-order valence-electron chi connectivity index (χ1n) is 9.25. The number of carbonyl (C=O) groups is 1. The minimum Gasteiger partial charge on any atom is -0.445 e. The van der Waals surface area contributed by atoms with E-state index >= 15 is 0 Å². The lowest BCUT2D eigenvalue weighted by Gasteiger charge is -2.19. The fourth-order valence-electron chi connectivity index (χ4n) is 2.65. The molecule has 0 aliphatic rings. The molecule has 150 valence electrons. The summed E-state index contributed by atoms with van der Waals surface area (Å²) in [6.45, 7) is 0.0289. The maximum Gasteiger partial charge on any atom is 0.407 e. The predicted octanol–water partition coefficient (Wildman–Crippen LogP) is 4.16. The van der Waals surface area contributed by atoms with Gasteiger partial charge in [0, 0.05) is 16.3 Å². The second-order valence-electron chi connectivity index (χ2n) is 6.44. The summed E-state index contributed by atoms with van der Waals surface area (Å²) in [5.41, 5.74) is 1.45. The fourth-order valence-corrected chi connectivity index (χ4v) is 3.49. The SMILES string of the molecule is O=C(NCC(O)C(O)c1ccc(Sc2ccccc2)cc1)OCc1ccccc1. The van der Waals surface area contributed by atoms with E-state index in [0.29, 0.717) is 5.56 Å². The van der Waals surface area contributed by atoms with Crippen molar-refractivity contribution in [3.05, 3.63) is 96.1 Å². The number of aliphatic hydroxyl groups excluding tert-OH is 2. The Kier molecular flexibility index (Phi) is 7.69. The number of aliphatic hydroxyl groups is 2. The van der Waals surface area contributed by atoms with Crippen molar-refractivity contribution in [2.75, 3.05) is 6.54 Å². The van der Waals surface area contributed by atoms with Crippen molar-refractivity contribution in [2.24, 2.45) is 0 Å². The second kappa shape index (κ2) is 10.7. The maximum absolute atomic E-state index is 11.8. The molecule has 0 saturated carbocycles. The highest BCUT2D eigenvalue weighted by molar-refractivity contribution is 7.99. The minimum absolute atomic E-state index is 0.116. The van der Waals surface area contributed by atoms with E-state index in [2.05, 4.69) is 5.32 Å². The topological polar surface area (TPSA) is 78.8 Å². The van der Waals surface area contributed by atoms with E-state index in [0.717, 1.165) is 15.4 Å². The standard InChI is InChI=1S/C23H23NO4S/c25-21(15-24-23(27)28-16-17-7-3-1-4-8-17)22(26)18-11-13-20(14-12-18)29-19-9-5-2-6-10-19/h1-14,21-22,25-26H,15-16H2,(H,24,27). The summed E-state index contributed by atoms with van der Waals surface area (Å²) in [5, 5.41) is 23.0. The van der Waals surface area contributed by atoms with Gasteiger partial charge in [0.2, 0.25) is 0 Å². The van der Waals surface area contributed by atoms with Crippen molar-refractivity contribution < 1.29 is 19.7 Å². The molecule has 6 heteroatoms. The number of alkyl carbamates (subject to hydrolysis) is 1.